The first-order chi connectivity index (χ1) is 11.8. The van der Waals surface area contributed by atoms with E-state index in [-0.39, 0.29) is 17.7 Å². The van der Waals surface area contributed by atoms with Crippen molar-refractivity contribution in [2.24, 2.45) is 0 Å². The molecule has 0 aliphatic heterocycles. The van der Waals surface area contributed by atoms with Gasteiger partial charge < -0.3 is 9.73 Å². The Morgan fingerprint density at radius 3 is 2.56 bits per heavy atom. The van der Waals surface area contributed by atoms with Gasteiger partial charge in [0.05, 0.1) is 5.56 Å². The first kappa shape index (κ1) is 16.8. The number of halogens is 3. The van der Waals surface area contributed by atoms with Crippen LogP contribution in [-0.2, 0) is 12.7 Å². The minimum Gasteiger partial charge on any atom is -0.422 e. The molecule has 0 atom stereocenters. The number of nitrogens with one attached hydrogen (secondary N) is 1. The van der Waals surface area contributed by atoms with Gasteiger partial charge in [0, 0.05) is 11.9 Å². The predicted molar refractivity (Wildman–Crippen MR) is 85.1 cm³/mol. The van der Waals surface area contributed by atoms with Crippen molar-refractivity contribution in [3.63, 3.8) is 0 Å². The van der Waals surface area contributed by atoms with Gasteiger partial charge in [-0.15, -0.1) is 0 Å². The molecule has 0 unspecified atom stereocenters. The largest absolute Gasteiger partial charge is 0.422 e. The van der Waals surface area contributed by atoms with Crippen molar-refractivity contribution in [2.75, 3.05) is 0 Å². The van der Waals surface area contributed by atoms with Crippen LogP contribution in [0.4, 0.5) is 13.2 Å². The lowest BCUT2D eigenvalue weighted by Crippen LogP contribution is -2.28. The van der Waals surface area contributed by atoms with Crippen LogP contribution in [0.3, 0.4) is 0 Å². The molecule has 2 aromatic carbocycles. The fourth-order valence-corrected chi connectivity index (χ4v) is 2.36. The lowest BCUT2D eigenvalue weighted by atomic mass is 10.1. The fraction of sp³-hybridized carbons (Fsp3) is 0.111. The van der Waals surface area contributed by atoms with Crippen LogP contribution < -0.4 is 10.9 Å². The molecule has 0 saturated carbocycles. The Balaban J connectivity index is 1.79. The van der Waals surface area contributed by atoms with Gasteiger partial charge in [-0.2, -0.15) is 13.2 Å². The molecule has 0 radical (unpaired) electrons. The molecule has 128 valence electrons. The molecule has 4 nitrogen and oxygen atoms in total. The van der Waals surface area contributed by atoms with Crippen LogP contribution in [0.25, 0.3) is 11.0 Å². The molecule has 7 heteroatoms. The van der Waals surface area contributed by atoms with Gasteiger partial charge in [-0.25, -0.2) is 4.79 Å². The summed E-state index contributed by atoms with van der Waals surface area (Å²) in [4.78, 5) is 24.1. The van der Waals surface area contributed by atoms with E-state index in [9.17, 15) is 22.8 Å². The van der Waals surface area contributed by atoms with Gasteiger partial charge in [-0.1, -0.05) is 30.3 Å². The van der Waals surface area contributed by atoms with Crippen LogP contribution in [-0.4, -0.2) is 5.91 Å². The molecule has 1 N–H and O–H groups in total. The van der Waals surface area contributed by atoms with Crippen LogP contribution in [0, 0.1) is 0 Å². The molecule has 0 aliphatic rings. The molecule has 1 heterocycles. The third kappa shape index (κ3) is 3.71. The number of benzene rings is 2. The second-order valence-corrected chi connectivity index (χ2v) is 5.37. The molecule has 0 saturated heterocycles. The summed E-state index contributed by atoms with van der Waals surface area (Å²) in [6, 6.07) is 12.7. The average Bonchev–Trinajstić information content (AvgIpc) is 2.58. The van der Waals surface area contributed by atoms with Crippen molar-refractivity contribution in [3.8, 4) is 0 Å². The van der Waals surface area contributed by atoms with Crippen molar-refractivity contribution >= 4 is 16.9 Å². The highest BCUT2D eigenvalue weighted by atomic mass is 19.4. The maximum absolute atomic E-state index is 12.7. The Morgan fingerprint density at radius 1 is 1.04 bits per heavy atom. The second kappa shape index (κ2) is 6.43. The Morgan fingerprint density at radius 2 is 1.80 bits per heavy atom. The lowest BCUT2D eigenvalue weighted by molar-refractivity contribution is -0.137. The van der Waals surface area contributed by atoms with E-state index < -0.39 is 23.3 Å². The summed E-state index contributed by atoms with van der Waals surface area (Å²) in [5, 5.41) is 3.01. The number of carbonyl (C=O) groups excluding carboxylic acids is 1. The second-order valence-electron chi connectivity index (χ2n) is 5.37. The summed E-state index contributed by atoms with van der Waals surface area (Å²) >= 11 is 0. The molecular weight excluding hydrogens is 335 g/mol. The minimum absolute atomic E-state index is 0.144. The van der Waals surface area contributed by atoms with Gasteiger partial charge in [0.1, 0.15) is 11.1 Å². The van der Waals surface area contributed by atoms with Crippen molar-refractivity contribution < 1.29 is 22.4 Å². The molecule has 0 bridgehead atoms. The Hall–Kier alpha value is -3.09. The summed E-state index contributed by atoms with van der Waals surface area (Å²) in [6.07, 6.45) is -4.46. The maximum atomic E-state index is 12.7. The summed E-state index contributed by atoms with van der Waals surface area (Å²) in [5.41, 5.74) is -1.19. The number of amides is 1. The summed E-state index contributed by atoms with van der Waals surface area (Å²) in [6.45, 7) is -0.144. The maximum Gasteiger partial charge on any atom is 0.416 e. The number of hydrogen-bond acceptors (Lipinski definition) is 3. The Kier molecular flexibility index (Phi) is 4.31. The van der Waals surface area contributed by atoms with E-state index in [1.54, 1.807) is 24.3 Å². The van der Waals surface area contributed by atoms with Gasteiger partial charge in [-0.05, 0) is 29.8 Å². The van der Waals surface area contributed by atoms with E-state index >= 15 is 0 Å². The number of hydrogen-bond donors (Lipinski definition) is 1. The zero-order chi connectivity index (χ0) is 18.0. The molecule has 1 aromatic heterocycles. The highest BCUT2D eigenvalue weighted by molar-refractivity contribution is 5.96. The quantitative estimate of drug-likeness (QED) is 0.734. The zero-order valence-corrected chi connectivity index (χ0v) is 12.8. The van der Waals surface area contributed by atoms with Gasteiger partial charge in [0.2, 0.25) is 0 Å². The number of rotatable bonds is 3. The molecule has 3 rings (SSSR count). The highest BCUT2D eigenvalue weighted by Gasteiger charge is 2.30. The number of fused-ring (bicyclic) bond motifs is 1. The molecule has 3 aromatic rings. The first-order valence-corrected chi connectivity index (χ1v) is 7.32. The Labute approximate surface area is 139 Å². The van der Waals surface area contributed by atoms with E-state index in [0.29, 0.717) is 11.0 Å². The van der Waals surface area contributed by atoms with E-state index in [4.69, 9.17) is 4.42 Å². The van der Waals surface area contributed by atoms with Crippen molar-refractivity contribution in [1.29, 1.82) is 0 Å². The average molecular weight is 347 g/mol. The lowest BCUT2D eigenvalue weighted by Gasteiger charge is -2.09. The monoisotopic (exact) mass is 347 g/mol. The number of para-hydroxylation sites is 1. The third-order valence-electron chi connectivity index (χ3n) is 3.59. The minimum atomic E-state index is -4.46. The molecule has 0 fully saturated rings. The van der Waals surface area contributed by atoms with Crippen LogP contribution in [0.15, 0.2) is 63.8 Å². The van der Waals surface area contributed by atoms with Gasteiger partial charge in [0.15, 0.2) is 0 Å². The predicted octanol–water partition coefficient (Wildman–Crippen LogP) is 3.74. The van der Waals surface area contributed by atoms with Crippen LogP contribution in [0.2, 0.25) is 0 Å². The Bertz CT molecular complexity index is 993. The highest BCUT2D eigenvalue weighted by Crippen LogP contribution is 2.29. The summed E-state index contributed by atoms with van der Waals surface area (Å²) in [5.74, 6) is -0.711. The van der Waals surface area contributed by atoms with Crippen LogP contribution in [0.5, 0.6) is 0 Å². The van der Waals surface area contributed by atoms with E-state index in [0.717, 1.165) is 12.1 Å². The van der Waals surface area contributed by atoms with Crippen LogP contribution >= 0.6 is 0 Å². The smallest absolute Gasteiger partial charge is 0.416 e. The van der Waals surface area contributed by atoms with E-state index in [1.165, 1.54) is 18.2 Å². The van der Waals surface area contributed by atoms with Crippen molar-refractivity contribution in [1.82, 2.24) is 5.32 Å². The van der Waals surface area contributed by atoms with Crippen molar-refractivity contribution in [3.05, 3.63) is 81.7 Å². The molecule has 0 aliphatic carbocycles. The van der Waals surface area contributed by atoms with Gasteiger partial charge >= 0.3 is 11.8 Å². The summed E-state index contributed by atoms with van der Waals surface area (Å²) in [7, 11) is 0. The fourth-order valence-electron chi connectivity index (χ4n) is 2.36. The van der Waals surface area contributed by atoms with Crippen LogP contribution in [0.1, 0.15) is 21.5 Å². The molecule has 0 spiro atoms. The normalized spacial score (nSPS) is 11.5. The van der Waals surface area contributed by atoms with Gasteiger partial charge in [0.25, 0.3) is 5.91 Å². The number of carbonyl (C=O) groups is 1. The van der Waals surface area contributed by atoms with Crippen molar-refractivity contribution in [2.45, 2.75) is 12.7 Å². The third-order valence-corrected chi connectivity index (χ3v) is 3.59. The van der Waals surface area contributed by atoms with E-state index in [2.05, 4.69) is 5.32 Å². The van der Waals surface area contributed by atoms with E-state index in [1.807, 2.05) is 0 Å². The summed E-state index contributed by atoms with van der Waals surface area (Å²) < 4.78 is 43.1. The molecule has 25 heavy (non-hydrogen) atoms. The molecular formula is C18H12F3NO3. The molecule has 1 amide bonds. The topological polar surface area (TPSA) is 59.3 Å². The first-order valence-electron chi connectivity index (χ1n) is 7.32. The SMILES string of the molecule is O=C(NCc1cccc(C(F)(F)F)c1)c1cc2ccccc2oc1=O. The number of alkyl halides is 3. The zero-order valence-electron chi connectivity index (χ0n) is 12.8. The standard InChI is InChI=1S/C18H12F3NO3/c19-18(20,21)13-6-3-4-11(8-13)10-22-16(23)14-9-12-5-1-2-7-15(12)25-17(14)24/h1-9H,10H2,(H,22,23). The van der Waals surface area contributed by atoms with Gasteiger partial charge in [-0.3, -0.25) is 4.79 Å².